The van der Waals surface area contributed by atoms with E-state index in [1.54, 1.807) is 45.0 Å². The van der Waals surface area contributed by atoms with Gasteiger partial charge in [-0.1, -0.05) is 24.3 Å². The van der Waals surface area contributed by atoms with Crippen molar-refractivity contribution in [1.29, 1.82) is 0 Å². The first-order valence-electron chi connectivity index (χ1n) is 6.62. The molecule has 1 aromatic carbocycles. The number of alkyl carbamates (subject to hydrolysis) is 1. The number of amides is 1. The number of aliphatic hydroxyl groups is 1. The number of ether oxygens (including phenoxy) is 1. The summed E-state index contributed by atoms with van der Waals surface area (Å²) in [5, 5.41) is 20.7. The molecule has 6 heteroatoms. The molecule has 0 radical (unpaired) electrons. The SMILES string of the molecule is CC(C)(C)OC(=O)N[C@H](CO)c1ccc(CC(=O)O)cc1. The van der Waals surface area contributed by atoms with E-state index in [2.05, 4.69) is 5.32 Å². The minimum atomic E-state index is -0.909. The van der Waals surface area contributed by atoms with Gasteiger partial charge in [-0.3, -0.25) is 4.79 Å². The molecule has 0 unspecified atom stereocenters. The number of carboxylic acids is 1. The third-order valence-electron chi connectivity index (χ3n) is 2.61. The number of carbonyl (C=O) groups excluding carboxylic acids is 1. The van der Waals surface area contributed by atoms with Crippen molar-refractivity contribution in [2.24, 2.45) is 0 Å². The Bertz CT molecular complexity index is 490. The molecule has 1 atom stereocenters. The Hall–Kier alpha value is -2.08. The van der Waals surface area contributed by atoms with Crippen LogP contribution in [0.4, 0.5) is 4.79 Å². The number of nitrogens with one attached hydrogen (secondary N) is 1. The van der Waals surface area contributed by atoms with E-state index >= 15 is 0 Å². The first kappa shape index (κ1) is 17.0. The standard InChI is InChI=1S/C15H21NO5/c1-15(2,3)21-14(20)16-12(9-17)11-6-4-10(5-7-11)8-13(18)19/h4-7,12,17H,8-9H2,1-3H3,(H,16,20)(H,18,19)/t12-/m1/s1. The Labute approximate surface area is 123 Å². The highest BCUT2D eigenvalue weighted by Crippen LogP contribution is 2.15. The summed E-state index contributed by atoms with van der Waals surface area (Å²) in [5.74, 6) is -0.909. The van der Waals surface area contributed by atoms with Gasteiger partial charge in [-0.25, -0.2) is 4.79 Å². The summed E-state index contributed by atoms with van der Waals surface area (Å²) < 4.78 is 5.13. The zero-order valence-electron chi connectivity index (χ0n) is 12.4. The monoisotopic (exact) mass is 295 g/mol. The summed E-state index contributed by atoms with van der Waals surface area (Å²) in [6, 6.07) is 6.07. The molecule has 3 N–H and O–H groups in total. The molecule has 0 bridgehead atoms. The molecule has 6 nitrogen and oxygen atoms in total. The largest absolute Gasteiger partial charge is 0.481 e. The lowest BCUT2D eigenvalue weighted by Crippen LogP contribution is -2.36. The number of hydrogen-bond donors (Lipinski definition) is 3. The van der Waals surface area contributed by atoms with Gasteiger partial charge in [0.1, 0.15) is 5.60 Å². The predicted molar refractivity (Wildman–Crippen MR) is 77.0 cm³/mol. The molecule has 116 valence electrons. The fourth-order valence-corrected chi connectivity index (χ4v) is 1.73. The van der Waals surface area contributed by atoms with E-state index in [4.69, 9.17) is 9.84 Å². The van der Waals surface area contributed by atoms with Crippen LogP contribution < -0.4 is 5.32 Å². The first-order valence-corrected chi connectivity index (χ1v) is 6.62. The highest BCUT2D eigenvalue weighted by Gasteiger charge is 2.20. The zero-order chi connectivity index (χ0) is 16.0. The minimum absolute atomic E-state index is 0.0659. The average Bonchev–Trinajstić information content (AvgIpc) is 2.34. The van der Waals surface area contributed by atoms with E-state index in [0.29, 0.717) is 11.1 Å². The maximum atomic E-state index is 11.7. The van der Waals surface area contributed by atoms with E-state index in [9.17, 15) is 14.7 Å². The summed E-state index contributed by atoms with van der Waals surface area (Å²) >= 11 is 0. The molecule has 1 amide bonds. The smallest absolute Gasteiger partial charge is 0.408 e. The number of rotatable bonds is 5. The highest BCUT2D eigenvalue weighted by atomic mass is 16.6. The van der Waals surface area contributed by atoms with Crippen molar-refractivity contribution in [3.8, 4) is 0 Å². The van der Waals surface area contributed by atoms with Crippen LogP contribution in [-0.4, -0.2) is 34.5 Å². The summed E-state index contributed by atoms with van der Waals surface area (Å²) in [6.07, 6.45) is -0.681. The summed E-state index contributed by atoms with van der Waals surface area (Å²) in [4.78, 5) is 22.3. The molecule has 0 aliphatic heterocycles. The van der Waals surface area contributed by atoms with Crippen LogP contribution in [0, 0.1) is 0 Å². The Morgan fingerprint density at radius 3 is 2.24 bits per heavy atom. The quantitative estimate of drug-likeness (QED) is 0.770. The third kappa shape index (κ3) is 6.27. The molecule has 0 saturated carbocycles. The molecule has 0 aliphatic rings. The summed E-state index contributed by atoms with van der Waals surface area (Å²) in [7, 11) is 0. The van der Waals surface area contributed by atoms with E-state index in [-0.39, 0.29) is 13.0 Å². The van der Waals surface area contributed by atoms with Crippen LogP contribution in [0.5, 0.6) is 0 Å². The van der Waals surface area contributed by atoms with Gasteiger partial charge in [0.25, 0.3) is 0 Å². The number of hydrogen-bond acceptors (Lipinski definition) is 4. The van der Waals surface area contributed by atoms with E-state index in [1.165, 1.54) is 0 Å². The zero-order valence-corrected chi connectivity index (χ0v) is 12.4. The van der Waals surface area contributed by atoms with Gasteiger partial charge >= 0.3 is 12.1 Å². The van der Waals surface area contributed by atoms with Crippen molar-refractivity contribution in [3.63, 3.8) is 0 Å². The molecule has 0 spiro atoms. The fourth-order valence-electron chi connectivity index (χ4n) is 1.73. The lowest BCUT2D eigenvalue weighted by Gasteiger charge is -2.23. The molecule has 1 aromatic rings. The van der Waals surface area contributed by atoms with Gasteiger partial charge in [-0.15, -0.1) is 0 Å². The van der Waals surface area contributed by atoms with E-state index in [0.717, 1.165) is 0 Å². The Morgan fingerprint density at radius 2 is 1.81 bits per heavy atom. The molecule has 0 aromatic heterocycles. The normalized spacial score (nSPS) is 12.6. The maximum Gasteiger partial charge on any atom is 0.408 e. The van der Waals surface area contributed by atoms with Crippen LogP contribution in [-0.2, 0) is 16.0 Å². The minimum Gasteiger partial charge on any atom is -0.481 e. The second kappa shape index (κ2) is 7.08. The second-order valence-corrected chi connectivity index (χ2v) is 5.69. The third-order valence-corrected chi connectivity index (χ3v) is 2.61. The average molecular weight is 295 g/mol. The lowest BCUT2D eigenvalue weighted by molar-refractivity contribution is -0.136. The van der Waals surface area contributed by atoms with Crippen molar-refractivity contribution < 1.29 is 24.5 Å². The number of benzene rings is 1. The van der Waals surface area contributed by atoms with Gasteiger partial charge in [0, 0.05) is 0 Å². The molecule has 0 fully saturated rings. The molecule has 0 heterocycles. The van der Waals surface area contributed by atoms with Crippen molar-refractivity contribution in [1.82, 2.24) is 5.32 Å². The fraction of sp³-hybridized carbons (Fsp3) is 0.467. The molecular formula is C15H21NO5. The summed E-state index contributed by atoms with van der Waals surface area (Å²) in [5.41, 5.74) is 0.716. The number of carboxylic acid groups (broad SMARTS) is 1. The lowest BCUT2D eigenvalue weighted by atomic mass is 10.0. The number of carbonyl (C=O) groups is 2. The van der Waals surface area contributed by atoms with Gasteiger partial charge in [0.2, 0.25) is 0 Å². The van der Waals surface area contributed by atoms with Gasteiger partial charge in [-0.2, -0.15) is 0 Å². The number of aliphatic carboxylic acids is 1. The van der Waals surface area contributed by atoms with Gasteiger partial charge in [-0.05, 0) is 31.9 Å². The van der Waals surface area contributed by atoms with Crippen molar-refractivity contribution in [3.05, 3.63) is 35.4 Å². The first-order chi connectivity index (χ1) is 9.71. The molecule has 21 heavy (non-hydrogen) atoms. The van der Waals surface area contributed by atoms with Crippen molar-refractivity contribution in [2.45, 2.75) is 38.8 Å². The highest BCUT2D eigenvalue weighted by molar-refractivity contribution is 5.70. The van der Waals surface area contributed by atoms with Crippen LogP contribution in [0.2, 0.25) is 0 Å². The van der Waals surface area contributed by atoms with E-state index in [1.807, 2.05) is 0 Å². The van der Waals surface area contributed by atoms with E-state index < -0.39 is 23.7 Å². The Kier molecular flexibility index (Phi) is 5.72. The van der Waals surface area contributed by atoms with Crippen LogP contribution in [0.25, 0.3) is 0 Å². The Balaban J connectivity index is 2.71. The molecule has 0 saturated heterocycles. The van der Waals surface area contributed by atoms with Gasteiger partial charge in [0.05, 0.1) is 19.1 Å². The van der Waals surface area contributed by atoms with Crippen molar-refractivity contribution >= 4 is 12.1 Å². The Morgan fingerprint density at radius 1 is 1.24 bits per heavy atom. The van der Waals surface area contributed by atoms with Crippen molar-refractivity contribution in [2.75, 3.05) is 6.61 Å². The van der Waals surface area contributed by atoms with Crippen LogP contribution >= 0.6 is 0 Å². The molecular weight excluding hydrogens is 274 g/mol. The number of aliphatic hydroxyl groups excluding tert-OH is 1. The molecule has 0 aliphatic carbocycles. The second-order valence-electron chi connectivity index (χ2n) is 5.69. The van der Waals surface area contributed by atoms with Crippen LogP contribution in [0.15, 0.2) is 24.3 Å². The summed E-state index contributed by atoms with van der Waals surface area (Å²) in [6.45, 7) is 4.97. The van der Waals surface area contributed by atoms with Crippen LogP contribution in [0.1, 0.15) is 37.9 Å². The van der Waals surface area contributed by atoms with Gasteiger partial charge in [0.15, 0.2) is 0 Å². The topological polar surface area (TPSA) is 95.9 Å². The maximum absolute atomic E-state index is 11.7. The molecule has 1 rings (SSSR count). The predicted octanol–water partition coefficient (Wildman–Crippen LogP) is 1.87. The van der Waals surface area contributed by atoms with Crippen LogP contribution in [0.3, 0.4) is 0 Å². The van der Waals surface area contributed by atoms with Gasteiger partial charge < -0.3 is 20.3 Å².